The predicted molar refractivity (Wildman–Crippen MR) is 43.0 cm³/mol. The van der Waals surface area contributed by atoms with Crippen LogP contribution < -0.4 is 0 Å². The minimum Gasteiger partial charge on any atom is -0.394 e. The van der Waals surface area contributed by atoms with Crippen molar-refractivity contribution in [3.05, 3.63) is 0 Å². The molecular weight excluding hydrogens is 132 g/mol. The van der Waals surface area contributed by atoms with Gasteiger partial charge in [-0.25, -0.2) is 0 Å². The molecule has 1 N–H and O–H groups in total. The van der Waals surface area contributed by atoms with Gasteiger partial charge in [-0.2, -0.15) is 0 Å². The Morgan fingerprint density at radius 1 is 1.20 bits per heavy atom. The highest BCUT2D eigenvalue weighted by Crippen LogP contribution is 1.65. The lowest BCUT2D eigenvalue weighted by atomic mass is 10.5. The second-order valence-corrected chi connectivity index (χ2v) is 1.79. The first-order chi connectivity index (χ1) is 4.15. The Balaban J connectivity index is -0.0000000910. The first kappa shape index (κ1) is 16.5. The minimum absolute atomic E-state index is 0. The van der Waals surface area contributed by atoms with E-state index in [1.807, 2.05) is 0 Å². The van der Waals surface area contributed by atoms with Crippen molar-refractivity contribution in [1.29, 1.82) is 0 Å². The first-order valence-corrected chi connectivity index (χ1v) is 2.81. The van der Waals surface area contributed by atoms with Gasteiger partial charge >= 0.3 is 0 Å². The average Bonchev–Trinajstić information content (AvgIpc) is 1.66. The lowest BCUT2D eigenvalue weighted by molar-refractivity contribution is -0.00271. The van der Waals surface area contributed by atoms with Crippen LogP contribution in [0.4, 0.5) is 0 Å². The van der Waals surface area contributed by atoms with Gasteiger partial charge in [-0.3, -0.25) is 0 Å². The molecule has 0 radical (unpaired) electrons. The standard InChI is InChI=1S/C3H8O2.C3H8O.CH4/c1-4-3-5-2;1-3(2)4;/h3H2,1-2H3;3-4H,1-2H3;1H4. The minimum atomic E-state index is -0.167. The van der Waals surface area contributed by atoms with Crippen molar-refractivity contribution in [3.8, 4) is 0 Å². The number of hydrogen-bond donors (Lipinski definition) is 1. The molecule has 0 saturated carbocycles. The quantitative estimate of drug-likeness (QED) is 0.605. The fraction of sp³-hybridized carbons (Fsp3) is 1.00. The molecule has 0 aromatic carbocycles. The van der Waals surface area contributed by atoms with E-state index < -0.39 is 0 Å². The van der Waals surface area contributed by atoms with Crippen molar-refractivity contribution >= 4 is 0 Å². The molecule has 0 fully saturated rings. The highest BCUT2D eigenvalue weighted by Gasteiger charge is 1.69. The van der Waals surface area contributed by atoms with E-state index in [0.717, 1.165) is 0 Å². The molecule has 0 unspecified atom stereocenters. The van der Waals surface area contributed by atoms with E-state index in [1.165, 1.54) is 0 Å². The molecule has 0 atom stereocenters. The van der Waals surface area contributed by atoms with Gasteiger partial charge in [0.25, 0.3) is 0 Å². The smallest absolute Gasteiger partial charge is 0.145 e. The summed E-state index contributed by atoms with van der Waals surface area (Å²) in [5.74, 6) is 0. The Hall–Kier alpha value is -0.120. The van der Waals surface area contributed by atoms with Crippen LogP contribution >= 0.6 is 0 Å². The van der Waals surface area contributed by atoms with Crippen LogP contribution in [0.2, 0.25) is 0 Å². The van der Waals surface area contributed by atoms with Gasteiger partial charge in [-0.05, 0) is 13.8 Å². The van der Waals surface area contributed by atoms with Crippen LogP contribution in [0, 0.1) is 0 Å². The molecule has 0 aromatic heterocycles. The Labute approximate surface area is 64.0 Å². The highest BCUT2D eigenvalue weighted by molar-refractivity contribution is 4.20. The third-order valence-electron chi connectivity index (χ3n) is 0.236. The second-order valence-electron chi connectivity index (χ2n) is 1.79. The molecule has 3 heteroatoms. The lowest BCUT2D eigenvalue weighted by Crippen LogP contribution is -1.87. The number of ether oxygens (including phenoxy) is 2. The molecule has 0 rings (SSSR count). The third-order valence-corrected chi connectivity index (χ3v) is 0.236. The molecular formula is C7H20O3. The molecule has 3 nitrogen and oxygen atoms in total. The molecule has 0 saturated heterocycles. The maximum Gasteiger partial charge on any atom is 0.145 e. The highest BCUT2D eigenvalue weighted by atomic mass is 16.6. The predicted octanol–water partition coefficient (Wildman–Crippen LogP) is 1.26. The average molecular weight is 152 g/mol. The van der Waals surface area contributed by atoms with Crippen molar-refractivity contribution in [2.45, 2.75) is 27.4 Å². The van der Waals surface area contributed by atoms with Crippen LogP contribution in [0.1, 0.15) is 21.3 Å². The summed E-state index contributed by atoms with van der Waals surface area (Å²) < 4.78 is 8.94. The van der Waals surface area contributed by atoms with Crippen LogP contribution in [-0.2, 0) is 9.47 Å². The molecule has 0 amide bonds. The SMILES string of the molecule is C.CC(C)O.COCOC. The zero-order valence-electron chi connectivity index (χ0n) is 6.55. The van der Waals surface area contributed by atoms with Gasteiger partial charge in [-0.15, -0.1) is 0 Å². The summed E-state index contributed by atoms with van der Waals surface area (Å²) in [6, 6.07) is 0. The van der Waals surface area contributed by atoms with Crippen molar-refractivity contribution in [2.75, 3.05) is 21.0 Å². The largest absolute Gasteiger partial charge is 0.394 e. The first-order valence-electron chi connectivity index (χ1n) is 2.81. The monoisotopic (exact) mass is 152 g/mol. The molecule has 0 aliphatic carbocycles. The number of hydrogen-bond acceptors (Lipinski definition) is 3. The number of rotatable bonds is 2. The van der Waals surface area contributed by atoms with Gasteiger partial charge in [0.05, 0.1) is 0 Å². The molecule has 0 spiro atoms. The van der Waals surface area contributed by atoms with E-state index >= 15 is 0 Å². The van der Waals surface area contributed by atoms with Crippen molar-refractivity contribution in [2.24, 2.45) is 0 Å². The van der Waals surface area contributed by atoms with Gasteiger partial charge in [-0.1, -0.05) is 7.43 Å². The molecule has 10 heavy (non-hydrogen) atoms. The van der Waals surface area contributed by atoms with Crippen LogP contribution in [0.5, 0.6) is 0 Å². The van der Waals surface area contributed by atoms with Gasteiger partial charge in [0, 0.05) is 20.3 Å². The normalized spacial score (nSPS) is 7.80. The van der Waals surface area contributed by atoms with Crippen molar-refractivity contribution in [3.63, 3.8) is 0 Å². The van der Waals surface area contributed by atoms with Crippen LogP contribution in [0.3, 0.4) is 0 Å². The van der Waals surface area contributed by atoms with Gasteiger partial charge in [0.2, 0.25) is 0 Å². The summed E-state index contributed by atoms with van der Waals surface area (Å²) in [5.41, 5.74) is 0. The zero-order valence-corrected chi connectivity index (χ0v) is 6.55. The topological polar surface area (TPSA) is 38.7 Å². The lowest BCUT2D eigenvalue weighted by Gasteiger charge is -1.87. The fourth-order valence-electron chi connectivity index (χ4n) is 0.118. The number of aliphatic hydroxyl groups is 1. The zero-order chi connectivity index (χ0) is 7.70. The van der Waals surface area contributed by atoms with Gasteiger partial charge in [0.15, 0.2) is 0 Å². The number of methoxy groups -OCH3 is 2. The molecule has 0 aliphatic rings. The van der Waals surface area contributed by atoms with Gasteiger partial charge < -0.3 is 14.6 Å². The summed E-state index contributed by atoms with van der Waals surface area (Å²) in [5, 5.41) is 8.06. The van der Waals surface area contributed by atoms with Crippen molar-refractivity contribution in [1.82, 2.24) is 0 Å². The van der Waals surface area contributed by atoms with Crippen LogP contribution in [-0.4, -0.2) is 32.2 Å². The van der Waals surface area contributed by atoms with E-state index in [-0.39, 0.29) is 13.5 Å². The van der Waals surface area contributed by atoms with Gasteiger partial charge in [0.1, 0.15) is 6.79 Å². The number of aliphatic hydroxyl groups excluding tert-OH is 1. The fourth-order valence-corrected chi connectivity index (χ4v) is 0.118. The van der Waals surface area contributed by atoms with E-state index in [0.29, 0.717) is 6.79 Å². The molecule has 66 valence electrons. The van der Waals surface area contributed by atoms with E-state index in [2.05, 4.69) is 9.47 Å². The summed E-state index contributed by atoms with van der Waals surface area (Å²) in [4.78, 5) is 0. The Kier molecular flexibility index (Phi) is 26.2. The molecule has 0 aliphatic heterocycles. The molecule has 0 aromatic rings. The Bertz CT molecular complexity index is 33.1. The molecule has 0 heterocycles. The van der Waals surface area contributed by atoms with E-state index in [9.17, 15) is 0 Å². The molecule has 0 bridgehead atoms. The van der Waals surface area contributed by atoms with Crippen molar-refractivity contribution < 1.29 is 14.6 Å². The van der Waals surface area contributed by atoms with Crippen LogP contribution in [0.25, 0.3) is 0 Å². The summed E-state index contributed by atoms with van der Waals surface area (Å²) in [6.07, 6.45) is -0.167. The maximum atomic E-state index is 8.06. The summed E-state index contributed by atoms with van der Waals surface area (Å²) in [7, 11) is 3.17. The van der Waals surface area contributed by atoms with Crippen LogP contribution in [0.15, 0.2) is 0 Å². The van der Waals surface area contributed by atoms with E-state index in [1.54, 1.807) is 28.1 Å². The summed E-state index contributed by atoms with van der Waals surface area (Å²) in [6.45, 7) is 3.83. The second kappa shape index (κ2) is 15.9. The Morgan fingerprint density at radius 2 is 1.40 bits per heavy atom. The third kappa shape index (κ3) is 106. The summed E-state index contributed by atoms with van der Waals surface area (Å²) >= 11 is 0. The van der Waals surface area contributed by atoms with E-state index in [4.69, 9.17) is 5.11 Å². The Morgan fingerprint density at radius 3 is 1.40 bits per heavy atom. The maximum absolute atomic E-state index is 8.06.